The van der Waals surface area contributed by atoms with Gasteiger partial charge in [-0.2, -0.15) is 0 Å². The molecule has 2 aliphatic carbocycles. The van der Waals surface area contributed by atoms with Crippen molar-refractivity contribution in [1.29, 1.82) is 0 Å². The molecule has 0 spiro atoms. The molecule has 1 heterocycles. The van der Waals surface area contributed by atoms with Gasteiger partial charge in [0.2, 0.25) is 0 Å². The highest BCUT2D eigenvalue weighted by atomic mass is 79.9. The largest absolute Gasteiger partial charge is 0.479 e. The predicted octanol–water partition coefficient (Wildman–Crippen LogP) is 6.93. The third kappa shape index (κ3) is 4.42. The number of hydrogen-bond acceptors (Lipinski definition) is 4. The molecule has 180 valence electrons. The highest BCUT2D eigenvalue weighted by Gasteiger charge is 2.49. The van der Waals surface area contributed by atoms with E-state index < -0.39 is 5.92 Å². The molecule has 0 atom stereocenters. The highest BCUT2D eigenvalue weighted by molar-refractivity contribution is 9.11. The van der Waals surface area contributed by atoms with Crippen molar-refractivity contribution in [1.82, 2.24) is 4.90 Å². The van der Waals surface area contributed by atoms with Crippen LogP contribution in [0.5, 0.6) is 5.75 Å². The Morgan fingerprint density at radius 3 is 2.00 bits per heavy atom. The molecular formula is C28H31Br2NO3. The predicted molar refractivity (Wildman–Crippen MR) is 141 cm³/mol. The second-order valence-electron chi connectivity index (χ2n) is 11.1. The Kier molecular flexibility index (Phi) is 6.68. The Morgan fingerprint density at radius 1 is 1.00 bits per heavy atom. The SMILES string of the molecule is C#CCOc1c(Br)cc(Br)cc1C1C2=C(CC(C)(C)CC2=O)N(CC)C2=C1C(=O)CC(C)(C)C2. The molecule has 0 saturated carbocycles. The number of ketones is 2. The molecule has 0 amide bonds. The van der Waals surface area contributed by atoms with Gasteiger partial charge in [0.1, 0.15) is 12.4 Å². The summed E-state index contributed by atoms with van der Waals surface area (Å²) >= 11 is 7.24. The first-order valence-electron chi connectivity index (χ1n) is 11.7. The summed E-state index contributed by atoms with van der Waals surface area (Å²) in [6, 6.07) is 3.87. The molecule has 4 rings (SSSR count). The maximum Gasteiger partial charge on any atom is 0.162 e. The summed E-state index contributed by atoms with van der Waals surface area (Å²) in [6.07, 6.45) is 8.00. The van der Waals surface area contributed by atoms with E-state index in [4.69, 9.17) is 11.2 Å². The molecule has 0 unspecified atom stereocenters. The van der Waals surface area contributed by atoms with Crippen LogP contribution in [0.4, 0.5) is 0 Å². The van der Waals surface area contributed by atoms with E-state index in [0.717, 1.165) is 56.4 Å². The van der Waals surface area contributed by atoms with Crippen LogP contribution in [0.15, 0.2) is 43.6 Å². The van der Waals surface area contributed by atoms with E-state index in [1.807, 2.05) is 12.1 Å². The molecule has 1 aromatic carbocycles. The summed E-state index contributed by atoms with van der Waals surface area (Å²) in [4.78, 5) is 29.8. The van der Waals surface area contributed by atoms with Crippen LogP contribution in [0, 0.1) is 23.2 Å². The van der Waals surface area contributed by atoms with Crippen molar-refractivity contribution in [2.45, 2.75) is 66.2 Å². The maximum atomic E-state index is 13.8. The van der Waals surface area contributed by atoms with E-state index in [2.05, 4.69) is 77.3 Å². The first-order chi connectivity index (χ1) is 15.9. The molecule has 0 saturated heterocycles. The van der Waals surface area contributed by atoms with Crippen molar-refractivity contribution in [2.24, 2.45) is 10.8 Å². The molecule has 0 bridgehead atoms. The molecule has 6 heteroatoms. The Bertz CT molecular complexity index is 1130. The molecule has 0 fully saturated rings. The van der Waals surface area contributed by atoms with Gasteiger partial charge in [-0.3, -0.25) is 9.59 Å². The van der Waals surface area contributed by atoms with Crippen LogP contribution in [0.1, 0.15) is 71.8 Å². The summed E-state index contributed by atoms with van der Waals surface area (Å²) < 4.78 is 7.59. The van der Waals surface area contributed by atoms with Crippen molar-refractivity contribution in [3.63, 3.8) is 0 Å². The first kappa shape index (κ1) is 25.3. The fourth-order valence-electron chi connectivity index (χ4n) is 5.80. The zero-order valence-corrected chi connectivity index (χ0v) is 23.7. The third-order valence-electron chi connectivity index (χ3n) is 6.99. The van der Waals surface area contributed by atoms with Gasteiger partial charge >= 0.3 is 0 Å². The minimum Gasteiger partial charge on any atom is -0.479 e. The Labute approximate surface area is 219 Å². The van der Waals surface area contributed by atoms with Crippen LogP contribution < -0.4 is 4.74 Å². The zero-order valence-electron chi connectivity index (χ0n) is 20.5. The number of allylic oxidation sites excluding steroid dienone is 4. The Hall–Kier alpha value is -1.84. The third-order valence-corrected chi connectivity index (χ3v) is 8.03. The van der Waals surface area contributed by atoms with Crippen molar-refractivity contribution < 1.29 is 14.3 Å². The van der Waals surface area contributed by atoms with Crippen molar-refractivity contribution >= 4 is 43.4 Å². The van der Waals surface area contributed by atoms with E-state index in [1.54, 1.807) is 0 Å². The van der Waals surface area contributed by atoms with Gasteiger partial charge in [-0.15, -0.1) is 6.42 Å². The second kappa shape index (κ2) is 8.99. The summed E-state index contributed by atoms with van der Waals surface area (Å²) in [5.74, 6) is 2.87. The number of nitrogens with zero attached hydrogens (tertiary/aromatic N) is 1. The van der Waals surface area contributed by atoms with Crippen molar-refractivity contribution in [2.75, 3.05) is 13.2 Å². The van der Waals surface area contributed by atoms with E-state index in [1.165, 1.54) is 0 Å². The van der Waals surface area contributed by atoms with Gasteiger partial charge < -0.3 is 9.64 Å². The van der Waals surface area contributed by atoms with Crippen molar-refractivity contribution in [3.05, 3.63) is 49.2 Å². The Balaban J connectivity index is 2.05. The van der Waals surface area contributed by atoms with E-state index in [0.29, 0.717) is 18.6 Å². The number of halogens is 2. The number of carbonyl (C=O) groups excluding carboxylic acids is 2. The second-order valence-corrected chi connectivity index (χ2v) is 12.8. The molecule has 0 N–H and O–H groups in total. The van der Waals surface area contributed by atoms with E-state index in [-0.39, 0.29) is 29.0 Å². The smallest absolute Gasteiger partial charge is 0.162 e. The summed E-state index contributed by atoms with van der Waals surface area (Å²) in [5, 5.41) is 0. The summed E-state index contributed by atoms with van der Waals surface area (Å²) in [7, 11) is 0. The molecular weight excluding hydrogens is 558 g/mol. The molecule has 1 aliphatic heterocycles. The average Bonchev–Trinajstić information content (AvgIpc) is 2.69. The van der Waals surface area contributed by atoms with Crippen LogP contribution in [-0.2, 0) is 9.59 Å². The average molecular weight is 589 g/mol. The van der Waals surface area contributed by atoms with Gasteiger partial charge in [-0.1, -0.05) is 49.5 Å². The Morgan fingerprint density at radius 2 is 1.53 bits per heavy atom. The lowest BCUT2D eigenvalue weighted by molar-refractivity contribution is -0.119. The van der Waals surface area contributed by atoms with Crippen LogP contribution >= 0.6 is 31.9 Å². The topological polar surface area (TPSA) is 46.6 Å². The van der Waals surface area contributed by atoms with Gasteiger partial charge in [-0.05, 0) is 58.7 Å². The minimum absolute atomic E-state index is 0.0980. The van der Waals surface area contributed by atoms with E-state index in [9.17, 15) is 9.59 Å². The maximum absolute atomic E-state index is 13.8. The normalized spacial score (nSPS) is 21.9. The van der Waals surface area contributed by atoms with Crippen molar-refractivity contribution in [3.8, 4) is 18.1 Å². The quantitative estimate of drug-likeness (QED) is 0.358. The van der Waals surface area contributed by atoms with Crippen LogP contribution in [0.25, 0.3) is 0 Å². The van der Waals surface area contributed by atoms with Crippen LogP contribution in [0.3, 0.4) is 0 Å². The number of hydrogen-bond donors (Lipinski definition) is 0. The van der Waals surface area contributed by atoms with Crippen LogP contribution in [-0.4, -0.2) is 29.6 Å². The summed E-state index contributed by atoms with van der Waals surface area (Å²) in [5.41, 5.74) is 4.11. The number of benzene rings is 1. The van der Waals surface area contributed by atoms with Gasteiger partial charge in [-0.25, -0.2) is 0 Å². The highest BCUT2D eigenvalue weighted by Crippen LogP contribution is 2.56. The zero-order chi connectivity index (χ0) is 25.0. The van der Waals surface area contributed by atoms with E-state index >= 15 is 0 Å². The molecule has 0 radical (unpaired) electrons. The molecule has 0 aromatic heterocycles. The number of ether oxygens (including phenoxy) is 1. The monoisotopic (exact) mass is 587 g/mol. The lowest BCUT2D eigenvalue weighted by Gasteiger charge is -2.49. The number of Topliss-reactive ketones (excluding diaryl/α,β-unsaturated/α-hetero) is 2. The molecule has 34 heavy (non-hydrogen) atoms. The lowest BCUT2D eigenvalue weighted by Crippen LogP contribution is -2.44. The van der Waals surface area contributed by atoms with Gasteiger partial charge in [0, 0.05) is 57.9 Å². The number of terminal acetylenes is 1. The van der Waals surface area contributed by atoms with Gasteiger partial charge in [0.05, 0.1) is 4.47 Å². The fourth-order valence-corrected chi connectivity index (χ4v) is 7.17. The molecule has 3 aliphatic rings. The van der Waals surface area contributed by atoms with Gasteiger partial charge in [0.25, 0.3) is 0 Å². The fraction of sp³-hybridized carbons (Fsp3) is 0.500. The molecule has 1 aromatic rings. The van der Waals surface area contributed by atoms with Gasteiger partial charge in [0.15, 0.2) is 11.6 Å². The first-order valence-corrected chi connectivity index (χ1v) is 13.3. The number of carbonyl (C=O) groups is 2. The lowest BCUT2D eigenvalue weighted by atomic mass is 9.63. The standard InChI is InChI=1S/C28H31Br2NO3/c1-7-9-34-26-17(10-16(29)11-18(26)30)23-24-19(12-27(3,4)14-21(24)32)31(8-2)20-13-28(5,6)15-22(33)25(20)23/h1,10-11,23H,8-9,12-15H2,2-6H3. The summed E-state index contributed by atoms with van der Waals surface area (Å²) in [6.45, 7) is 11.5. The minimum atomic E-state index is -0.471. The van der Waals surface area contributed by atoms with Crippen LogP contribution in [0.2, 0.25) is 0 Å². The molecule has 4 nitrogen and oxygen atoms in total. The number of rotatable bonds is 4.